The van der Waals surface area contributed by atoms with Gasteiger partial charge in [0.15, 0.2) is 0 Å². The molecule has 0 aliphatic rings. The standard InChI is InChI=1S/C15H22N2O3/c1-10(2)13(14(18)20-4)17-15(19)16-9-12-7-5-11(3)6-8-12/h5-8,10,13H,9H2,1-4H3,(H2,16,17,19). The molecule has 1 aromatic carbocycles. The Hall–Kier alpha value is -2.04. The Labute approximate surface area is 119 Å². The van der Waals surface area contributed by atoms with Gasteiger partial charge in [-0.05, 0) is 18.4 Å². The number of carbonyl (C=O) groups excluding carboxylic acids is 2. The van der Waals surface area contributed by atoms with E-state index in [0.717, 1.165) is 5.56 Å². The van der Waals surface area contributed by atoms with Crippen molar-refractivity contribution in [2.75, 3.05) is 7.11 Å². The third kappa shape index (κ3) is 4.91. The van der Waals surface area contributed by atoms with Crippen LogP contribution in [0, 0.1) is 12.8 Å². The van der Waals surface area contributed by atoms with Gasteiger partial charge in [-0.25, -0.2) is 9.59 Å². The van der Waals surface area contributed by atoms with Gasteiger partial charge in [0, 0.05) is 6.54 Å². The Bertz CT molecular complexity index is 455. The summed E-state index contributed by atoms with van der Waals surface area (Å²) in [6.45, 7) is 6.12. The number of methoxy groups -OCH3 is 1. The Kier molecular flexibility index (Phi) is 6.03. The predicted octanol–water partition coefficient (Wildman–Crippen LogP) is 1.99. The van der Waals surface area contributed by atoms with Gasteiger partial charge < -0.3 is 15.4 Å². The topological polar surface area (TPSA) is 67.4 Å². The van der Waals surface area contributed by atoms with Gasteiger partial charge in [-0.3, -0.25) is 0 Å². The van der Waals surface area contributed by atoms with Crippen molar-refractivity contribution in [3.63, 3.8) is 0 Å². The number of benzene rings is 1. The monoisotopic (exact) mass is 278 g/mol. The van der Waals surface area contributed by atoms with Crippen LogP contribution >= 0.6 is 0 Å². The number of urea groups is 1. The van der Waals surface area contributed by atoms with E-state index in [0.29, 0.717) is 6.54 Å². The van der Waals surface area contributed by atoms with Gasteiger partial charge in [0.25, 0.3) is 0 Å². The van der Waals surface area contributed by atoms with Gasteiger partial charge in [-0.15, -0.1) is 0 Å². The average Bonchev–Trinajstić information content (AvgIpc) is 2.43. The lowest BCUT2D eigenvalue weighted by Crippen LogP contribution is -2.48. The second-order valence-corrected chi connectivity index (χ2v) is 5.06. The molecule has 5 nitrogen and oxygen atoms in total. The van der Waals surface area contributed by atoms with Gasteiger partial charge in [0.1, 0.15) is 6.04 Å². The molecule has 2 N–H and O–H groups in total. The molecule has 1 aromatic rings. The van der Waals surface area contributed by atoms with E-state index in [2.05, 4.69) is 15.4 Å². The highest BCUT2D eigenvalue weighted by atomic mass is 16.5. The predicted molar refractivity (Wildman–Crippen MR) is 77.2 cm³/mol. The molecule has 0 bridgehead atoms. The lowest BCUT2D eigenvalue weighted by Gasteiger charge is -2.20. The summed E-state index contributed by atoms with van der Waals surface area (Å²) in [6, 6.07) is 6.86. The van der Waals surface area contributed by atoms with Crippen LogP contribution in [0.5, 0.6) is 0 Å². The molecule has 20 heavy (non-hydrogen) atoms. The normalized spacial score (nSPS) is 11.8. The van der Waals surface area contributed by atoms with Crippen LogP contribution in [0.15, 0.2) is 24.3 Å². The Morgan fingerprint density at radius 2 is 1.80 bits per heavy atom. The summed E-state index contributed by atoms with van der Waals surface area (Å²) >= 11 is 0. The fraction of sp³-hybridized carbons (Fsp3) is 0.467. The minimum absolute atomic E-state index is 0.0347. The number of carbonyl (C=O) groups is 2. The zero-order chi connectivity index (χ0) is 15.1. The lowest BCUT2D eigenvalue weighted by atomic mass is 10.1. The summed E-state index contributed by atoms with van der Waals surface area (Å²) in [5.41, 5.74) is 2.17. The highest BCUT2D eigenvalue weighted by molar-refractivity contribution is 5.83. The maximum Gasteiger partial charge on any atom is 0.328 e. The van der Waals surface area contributed by atoms with Crippen LogP contribution in [-0.2, 0) is 16.1 Å². The summed E-state index contributed by atoms with van der Waals surface area (Å²) in [5.74, 6) is -0.474. The van der Waals surface area contributed by atoms with Crippen LogP contribution in [0.4, 0.5) is 4.79 Å². The van der Waals surface area contributed by atoms with E-state index in [4.69, 9.17) is 0 Å². The molecule has 1 rings (SSSR count). The van der Waals surface area contributed by atoms with Crippen molar-refractivity contribution < 1.29 is 14.3 Å². The Balaban J connectivity index is 2.49. The van der Waals surface area contributed by atoms with Crippen molar-refractivity contribution in [1.29, 1.82) is 0 Å². The highest BCUT2D eigenvalue weighted by Gasteiger charge is 2.24. The number of hydrogen-bond acceptors (Lipinski definition) is 3. The number of rotatable bonds is 5. The number of esters is 1. The van der Waals surface area contributed by atoms with Crippen molar-refractivity contribution >= 4 is 12.0 Å². The van der Waals surface area contributed by atoms with E-state index >= 15 is 0 Å². The quantitative estimate of drug-likeness (QED) is 0.809. The van der Waals surface area contributed by atoms with E-state index in [1.807, 2.05) is 45.0 Å². The zero-order valence-corrected chi connectivity index (χ0v) is 12.4. The Morgan fingerprint density at radius 3 is 2.30 bits per heavy atom. The molecule has 1 unspecified atom stereocenters. The van der Waals surface area contributed by atoms with Gasteiger partial charge in [0.05, 0.1) is 7.11 Å². The van der Waals surface area contributed by atoms with Crippen molar-refractivity contribution in [2.24, 2.45) is 5.92 Å². The first-order valence-corrected chi connectivity index (χ1v) is 6.61. The van der Waals surface area contributed by atoms with Crippen LogP contribution in [0.3, 0.4) is 0 Å². The molecule has 0 saturated heterocycles. The number of nitrogens with one attached hydrogen (secondary N) is 2. The van der Waals surface area contributed by atoms with Crippen molar-refractivity contribution in [3.05, 3.63) is 35.4 Å². The van der Waals surface area contributed by atoms with Crippen LogP contribution in [0.1, 0.15) is 25.0 Å². The third-order valence-corrected chi connectivity index (χ3v) is 2.98. The van der Waals surface area contributed by atoms with Gasteiger partial charge in [-0.2, -0.15) is 0 Å². The van der Waals surface area contributed by atoms with Crippen molar-refractivity contribution in [3.8, 4) is 0 Å². The van der Waals surface area contributed by atoms with Crippen LogP contribution in [0.25, 0.3) is 0 Å². The number of ether oxygens (including phenoxy) is 1. The summed E-state index contributed by atoms with van der Waals surface area (Å²) < 4.78 is 4.67. The number of aryl methyl sites for hydroxylation is 1. The minimum Gasteiger partial charge on any atom is -0.467 e. The number of hydrogen-bond donors (Lipinski definition) is 2. The summed E-state index contributed by atoms with van der Waals surface area (Å²) in [5, 5.41) is 5.35. The highest BCUT2D eigenvalue weighted by Crippen LogP contribution is 2.04. The number of amides is 2. The van der Waals surface area contributed by atoms with Gasteiger partial charge >= 0.3 is 12.0 Å². The maximum atomic E-state index is 11.8. The molecular weight excluding hydrogens is 256 g/mol. The fourth-order valence-electron chi connectivity index (χ4n) is 1.71. The molecule has 0 fully saturated rings. The maximum absolute atomic E-state index is 11.8. The van der Waals surface area contributed by atoms with Crippen LogP contribution in [0.2, 0.25) is 0 Å². The smallest absolute Gasteiger partial charge is 0.328 e. The third-order valence-electron chi connectivity index (χ3n) is 2.98. The molecule has 0 aliphatic heterocycles. The van der Waals surface area contributed by atoms with E-state index in [1.165, 1.54) is 12.7 Å². The molecule has 0 aliphatic carbocycles. The minimum atomic E-state index is -0.641. The first-order valence-electron chi connectivity index (χ1n) is 6.61. The SMILES string of the molecule is COC(=O)C(NC(=O)NCc1ccc(C)cc1)C(C)C. The second-order valence-electron chi connectivity index (χ2n) is 5.06. The van der Waals surface area contributed by atoms with Gasteiger partial charge in [-0.1, -0.05) is 43.7 Å². The van der Waals surface area contributed by atoms with Crippen LogP contribution in [-0.4, -0.2) is 25.2 Å². The zero-order valence-electron chi connectivity index (χ0n) is 12.4. The summed E-state index contributed by atoms with van der Waals surface area (Å²) in [4.78, 5) is 23.3. The Morgan fingerprint density at radius 1 is 1.20 bits per heavy atom. The molecule has 2 amide bonds. The molecule has 0 heterocycles. The molecule has 0 saturated carbocycles. The first kappa shape index (κ1) is 16.0. The van der Waals surface area contributed by atoms with E-state index < -0.39 is 12.0 Å². The largest absolute Gasteiger partial charge is 0.467 e. The molecule has 0 aromatic heterocycles. The average molecular weight is 278 g/mol. The van der Waals surface area contributed by atoms with E-state index in [-0.39, 0.29) is 11.9 Å². The molecule has 0 spiro atoms. The fourth-order valence-corrected chi connectivity index (χ4v) is 1.71. The molecule has 5 heteroatoms. The molecule has 0 radical (unpaired) electrons. The van der Waals surface area contributed by atoms with Crippen molar-refractivity contribution in [1.82, 2.24) is 10.6 Å². The van der Waals surface area contributed by atoms with Gasteiger partial charge in [0.2, 0.25) is 0 Å². The van der Waals surface area contributed by atoms with Crippen molar-refractivity contribution in [2.45, 2.75) is 33.4 Å². The summed E-state index contributed by atoms with van der Waals surface area (Å²) in [7, 11) is 1.31. The van der Waals surface area contributed by atoms with E-state index in [9.17, 15) is 9.59 Å². The van der Waals surface area contributed by atoms with Crippen LogP contribution < -0.4 is 10.6 Å². The molecule has 110 valence electrons. The summed E-state index contributed by atoms with van der Waals surface area (Å²) in [6.07, 6.45) is 0. The second kappa shape index (κ2) is 7.53. The van der Waals surface area contributed by atoms with E-state index in [1.54, 1.807) is 0 Å². The molecular formula is C15H22N2O3. The molecule has 1 atom stereocenters. The first-order chi connectivity index (χ1) is 9.43. The lowest BCUT2D eigenvalue weighted by molar-refractivity contribution is -0.143.